The Bertz CT molecular complexity index is 898. The zero-order chi connectivity index (χ0) is 18.3. The Balaban J connectivity index is 1.41. The highest BCUT2D eigenvalue weighted by molar-refractivity contribution is 7.90. The van der Waals surface area contributed by atoms with Crippen LogP contribution in [0.5, 0.6) is 0 Å². The summed E-state index contributed by atoms with van der Waals surface area (Å²) >= 11 is 0. The molecule has 2 aromatic heterocycles. The second-order valence-electron chi connectivity index (χ2n) is 7.14. The monoisotopic (exact) mass is 376 g/mol. The van der Waals surface area contributed by atoms with Gasteiger partial charge in [-0.05, 0) is 45.6 Å². The third-order valence-electron chi connectivity index (χ3n) is 4.96. The Labute approximate surface area is 153 Å². The van der Waals surface area contributed by atoms with E-state index >= 15 is 0 Å². The number of anilines is 1. The van der Waals surface area contributed by atoms with E-state index in [1.807, 2.05) is 26.0 Å². The molecule has 1 aliphatic heterocycles. The second kappa shape index (κ2) is 6.62. The molecule has 0 atom stereocenters. The van der Waals surface area contributed by atoms with E-state index in [1.165, 1.54) is 0 Å². The number of aryl methyl sites for hydroxylation is 2. The van der Waals surface area contributed by atoms with Gasteiger partial charge in [0, 0.05) is 37.1 Å². The summed E-state index contributed by atoms with van der Waals surface area (Å²) in [4.78, 5) is 8.87. The molecule has 0 aromatic carbocycles. The average Bonchev–Trinajstić information content (AvgIpc) is 3.41. The van der Waals surface area contributed by atoms with Crippen LogP contribution in [0.3, 0.4) is 0 Å². The Kier molecular flexibility index (Phi) is 4.44. The number of aromatic nitrogens is 4. The van der Waals surface area contributed by atoms with Gasteiger partial charge in [0.1, 0.15) is 0 Å². The van der Waals surface area contributed by atoms with Crippen molar-refractivity contribution < 1.29 is 8.42 Å². The Morgan fingerprint density at radius 2 is 1.88 bits per heavy atom. The SMILES string of the molecule is Cc1cc(C)n(-c2ccnc(NC3CCN(S(=O)(=O)C4CC4)CC3)n2)n1. The predicted octanol–water partition coefficient (Wildman–Crippen LogP) is 1.65. The summed E-state index contributed by atoms with van der Waals surface area (Å²) in [7, 11) is -3.07. The lowest BCUT2D eigenvalue weighted by atomic mass is 10.1. The molecule has 0 unspecified atom stereocenters. The van der Waals surface area contributed by atoms with E-state index in [-0.39, 0.29) is 11.3 Å². The molecule has 2 aliphatic rings. The summed E-state index contributed by atoms with van der Waals surface area (Å²) < 4.78 is 28.1. The molecular weight excluding hydrogens is 352 g/mol. The molecule has 1 aliphatic carbocycles. The average molecular weight is 376 g/mol. The van der Waals surface area contributed by atoms with Crippen molar-refractivity contribution in [1.29, 1.82) is 0 Å². The molecule has 1 N–H and O–H groups in total. The lowest BCUT2D eigenvalue weighted by Crippen LogP contribution is -2.43. The number of nitrogens with one attached hydrogen (secondary N) is 1. The van der Waals surface area contributed by atoms with Crippen LogP contribution < -0.4 is 5.32 Å². The van der Waals surface area contributed by atoms with Crippen molar-refractivity contribution >= 4 is 16.0 Å². The molecule has 4 rings (SSSR count). The maximum atomic E-state index is 12.3. The van der Waals surface area contributed by atoms with Gasteiger partial charge in [-0.3, -0.25) is 0 Å². The fourth-order valence-electron chi connectivity index (χ4n) is 3.41. The molecule has 3 heterocycles. The fraction of sp³-hybridized carbons (Fsp3) is 0.588. The summed E-state index contributed by atoms with van der Waals surface area (Å²) in [6.07, 6.45) is 4.87. The molecule has 0 amide bonds. The minimum absolute atomic E-state index is 0.132. The van der Waals surface area contributed by atoms with E-state index in [1.54, 1.807) is 15.2 Å². The number of sulfonamides is 1. The molecule has 140 valence electrons. The van der Waals surface area contributed by atoms with Gasteiger partial charge in [0.25, 0.3) is 0 Å². The van der Waals surface area contributed by atoms with E-state index in [9.17, 15) is 8.42 Å². The molecule has 2 fully saturated rings. The van der Waals surface area contributed by atoms with Crippen LogP contribution in [0, 0.1) is 13.8 Å². The smallest absolute Gasteiger partial charge is 0.224 e. The summed E-state index contributed by atoms with van der Waals surface area (Å²) in [6, 6.07) is 4.01. The summed E-state index contributed by atoms with van der Waals surface area (Å²) in [6.45, 7) is 5.07. The van der Waals surface area contributed by atoms with Crippen molar-refractivity contribution in [2.75, 3.05) is 18.4 Å². The third kappa shape index (κ3) is 3.45. The predicted molar refractivity (Wildman–Crippen MR) is 98.8 cm³/mol. The number of rotatable bonds is 5. The van der Waals surface area contributed by atoms with Crippen molar-refractivity contribution in [3.8, 4) is 5.82 Å². The van der Waals surface area contributed by atoms with Crippen LogP contribution >= 0.6 is 0 Å². The summed E-state index contributed by atoms with van der Waals surface area (Å²) in [5, 5.41) is 7.67. The van der Waals surface area contributed by atoms with Crippen molar-refractivity contribution in [2.45, 2.75) is 50.8 Å². The van der Waals surface area contributed by atoms with Crippen LogP contribution in [0.1, 0.15) is 37.1 Å². The van der Waals surface area contributed by atoms with Crippen molar-refractivity contribution in [3.05, 3.63) is 29.7 Å². The minimum Gasteiger partial charge on any atom is -0.351 e. The zero-order valence-electron chi connectivity index (χ0n) is 15.1. The molecule has 1 saturated carbocycles. The maximum absolute atomic E-state index is 12.3. The first-order chi connectivity index (χ1) is 12.4. The van der Waals surface area contributed by atoms with E-state index in [2.05, 4.69) is 20.4 Å². The van der Waals surface area contributed by atoms with Gasteiger partial charge in [-0.1, -0.05) is 0 Å². The van der Waals surface area contributed by atoms with Crippen molar-refractivity contribution in [2.24, 2.45) is 0 Å². The van der Waals surface area contributed by atoms with Crippen LogP contribution in [0.2, 0.25) is 0 Å². The Hall–Kier alpha value is -2.00. The highest BCUT2D eigenvalue weighted by Gasteiger charge is 2.41. The fourth-order valence-corrected chi connectivity index (χ4v) is 5.28. The Morgan fingerprint density at radius 3 is 2.50 bits per heavy atom. The molecular formula is C17H24N6O2S. The number of hydrogen-bond acceptors (Lipinski definition) is 6. The highest BCUT2D eigenvalue weighted by atomic mass is 32.2. The van der Waals surface area contributed by atoms with Gasteiger partial charge in [-0.2, -0.15) is 10.1 Å². The van der Waals surface area contributed by atoms with Crippen molar-refractivity contribution in [1.82, 2.24) is 24.1 Å². The van der Waals surface area contributed by atoms with Crippen LogP contribution in [0.4, 0.5) is 5.95 Å². The van der Waals surface area contributed by atoms with Gasteiger partial charge in [0.05, 0.1) is 10.9 Å². The van der Waals surface area contributed by atoms with E-state index in [4.69, 9.17) is 0 Å². The van der Waals surface area contributed by atoms with Crippen LogP contribution in [0.25, 0.3) is 5.82 Å². The van der Waals surface area contributed by atoms with Crippen LogP contribution in [0.15, 0.2) is 18.3 Å². The molecule has 8 nitrogen and oxygen atoms in total. The topological polar surface area (TPSA) is 93.0 Å². The summed E-state index contributed by atoms with van der Waals surface area (Å²) in [5.41, 5.74) is 1.96. The standard InChI is InChI=1S/C17H24N6O2S/c1-12-11-13(2)23(21-12)16-5-8-18-17(20-16)19-14-6-9-22(10-7-14)26(24,25)15-3-4-15/h5,8,11,14-15H,3-4,6-7,9-10H2,1-2H3,(H,18,19,20). The molecule has 2 aromatic rings. The van der Waals surface area contributed by atoms with Gasteiger partial charge < -0.3 is 5.32 Å². The third-order valence-corrected chi connectivity index (χ3v) is 7.36. The molecule has 1 saturated heterocycles. The zero-order valence-corrected chi connectivity index (χ0v) is 15.9. The second-order valence-corrected chi connectivity index (χ2v) is 9.35. The van der Waals surface area contributed by atoms with Gasteiger partial charge in [-0.15, -0.1) is 0 Å². The minimum atomic E-state index is -3.07. The molecule has 0 bridgehead atoms. The van der Waals surface area contributed by atoms with Crippen molar-refractivity contribution in [3.63, 3.8) is 0 Å². The van der Waals surface area contributed by atoms with E-state index in [0.717, 1.165) is 42.9 Å². The lowest BCUT2D eigenvalue weighted by molar-refractivity contribution is 0.328. The number of piperidine rings is 1. The highest BCUT2D eigenvalue weighted by Crippen LogP contribution is 2.32. The normalized spacial score (nSPS) is 19.6. The number of nitrogens with zero attached hydrogens (tertiary/aromatic N) is 5. The molecule has 9 heteroatoms. The first-order valence-electron chi connectivity index (χ1n) is 9.05. The van der Waals surface area contributed by atoms with E-state index < -0.39 is 10.0 Å². The van der Waals surface area contributed by atoms with Gasteiger partial charge in [0.15, 0.2) is 5.82 Å². The first kappa shape index (κ1) is 17.4. The number of hydrogen-bond donors (Lipinski definition) is 1. The largest absolute Gasteiger partial charge is 0.351 e. The molecule has 0 radical (unpaired) electrons. The summed E-state index contributed by atoms with van der Waals surface area (Å²) in [5.74, 6) is 1.28. The van der Waals surface area contributed by atoms with E-state index in [0.29, 0.717) is 19.0 Å². The van der Waals surface area contributed by atoms with Gasteiger partial charge in [-0.25, -0.2) is 22.4 Å². The first-order valence-corrected chi connectivity index (χ1v) is 10.6. The quantitative estimate of drug-likeness (QED) is 0.853. The van der Waals surface area contributed by atoms with Gasteiger partial charge >= 0.3 is 0 Å². The van der Waals surface area contributed by atoms with Crippen LogP contribution in [-0.4, -0.2) is 56.9 Å². The molecule has 26 heavy (non-hydrogen) atoms. The van der Waals surface area contributed by atoms with Crippen LogP contribution in [-0.2, 0) is 10.0 Å². The van der Waals surface area contributed by atoms with Gasteiger partial charge in [0.2, 0.25) is 16.0 Å². The molecule has 0 spiro atoms. The lowest BCUT2D eigenvalue weighted by Gasteiger charge is -2.31. The Morgan fingerprint density at radius 1 is 1.15 bits per heavy atom. The maximum Gasteiger partial charge on any atom is 0.224 e.